The molecule has 1 atom stereocenters. The number of amides is 1. The lowest BCUT2D eigenvalue weighted by molar-refractivity contribution is -0.115. The highest BCUT2D eigenvalue weighted by Crippen LogP contribution is 2.44. The molecule has 3 aromatic carbocycles. The Morgan fingerprint density at radius 1 is 1.06 bits per heavy atom. The molecule has 160 valence electrons. The van der Waals surface area contributed by atoms with Gasteiger partial charge in [0.25, 0.3) is 0 Å². The van der Waals surface area contributed by atoms with E-state index in [1.54, 1.807) is 47.0 Å². The maximum absolute atomic E-state index is 13.9. The van der Waals surface area contributed by atoms with Crippen LogP contribution in [0.15, 0.2) is 66.7 Å². The van der Waals surface area contributed by atoms with Gasteiger partial charge in [0, 0.05) is 16.3 Å². The monoisotopic (exact) mass is 457 g/mol. The first-order chi connectivity index (χ1) is 15.1. The Morgan fingerprint density at radius 3 is 2.58 bits per heavy atom. The second-order valence-corrected chi connectivity index (χ2v) is 8.43. The molecule has 4 rings (SSSR count). The second kappa shape index (κ2) is 9.62. The van der Waals surface area contributed by atoms with Crippen molar-refractivity contribution in [2.45, 2.75) is 18.9 Å². The fourth-order valence-corrected chi connectivity index (χ4v) is 4.68. The van der Waals surface area contributed by atoms with Crippen molar-refractivity contribution in [1.82, 2.24) is 0 Å². The fourth-order valence-electron chi connectivity index (χ4n) is 3.39. The Morgan fingerprint density at radius 2 is 1.84 bits per heavy atom. The van der Waals surface area contributed by atoms with Crippen LogP contribution in [0.5, 0.6) is 11.5 Å². The van der Waals surface area contributed by atoms with Crippen molar-refractivity contribution in [3.8, 4) is 11.5 Å². The van der Waals surface area contributed by atoms with Crippen molar-refractivity contribution in [3.63, 3.8) is 0 Å². The van der Waals surface area contributed by atoms with E-state index in [-0.39, 0.29) is 23.7 Å². The standard InChI is InChI=1S/C24H21ClFNO3S/c1-2-29-22-13-16(7-12-21(22)30-14-17-5-3-4-6-20(17)26)24-27(23(28)15-31-24)19-10-8-18(25)9-11-19/h3-13,24H,2,14-15H2,1H3/t24-/m0/s1. The van der Waals surface area contributed by atoms with Gasteiger partial charge in [0.15, 0.2) is 11.5 Å². The smallest absolute Gasteiger partial charge is 0.238 e. The third-order valence-corrected chi connectivity index (χ3v) is 6.33. The zero-order valence-corrected chi connectivity index (χ0v) is 18.5. The molecule has 0 unspecified atom stereocenters. The summed E-state index contributed by atoms with van der Waals surface area (Å²) in [5.41, 5.74) is 2.19. The third-order valence-electron chi connectivity index (χ3n) is 4.87. The zero-order chi connectivity index (χ0) is 21.8. The van der Waals surface area contributed by atoms with E-state index in [0.717, 1.165) is 11.3 Å². The third kappa shape index (κ3) is 4.81. The average molecular weight is 458 g/mol. The summed E-state index contributed by atoms with van der Waals surface area (Å²) in [6.45, 7) is 2.44. The first-order valence-corrected chi connectivity index (χ1v) is 11.3. The van der Waals surface area contributed by atoms with Gasteiger partial charge in [-0.2, -0.15) is 0 Å². The minimum atomic E-state index is -0.309. The normalized spacial score (nSPS) is 15.9. The van der Waals surface area contributed by atoms with E-state index < -0.39 is 0 Å². The Bertz CT molecular complexity index is 1080. The molecule has 1 fully saturated rings. The fraction of sp³-hybridized carbons (Fsp3) is 0.208. The van der Waals surface area contributed by atoms with Gasteiger partial charge in [-0.1, -0.05) is 35.9 Å². The number of hydrogen-bond acceptors (Lipinski definition) is 4. The van der Waals surface area contributed by atoms with Gasteiger partial charge in [-0.25, -0.2) is 4.39 Å². The molecule has 0 aromatic heterocycles. The number of carbonyl (C=O) groups excluding carboxylic acids is 1. The van der Waals surface area contributed by atoms with Crippen LogP contribution in [0.25, 0.3) is 0 Å². The summed E-state index contributed by atoms with van der Waals surface area (Å²) in [5, 5.41) is 0.433. The van der Waals surface area contributed by atoms with E-state index >= 15 is 0 Å². The lowest BCUT2D eigenvalue weighted by atomic mass is 10.1. The Labute approximate surface area is 189 Å². The van der Waals surface area contributed by atoms with Gasteiger partial charge in [-0.05, 0) is 55.0 Å². The molecule has 1 heterocycles. The van der Waals surface area contributed by atoms with Crippen molar-refractivity contribution in [3.05, 3.63) is 88.7 Å². The molecule has 1 aliphatic heterocycles. The van der Waals surface area contributed by atoms with Gasteiger partial charge in [-0.3, -0.25) is 9.69 Å². The molecule has 0 spiro atoms. The van der Waals surface area contributed by atoms with E-state index in [9.17, 15) is 9.18 Å². The molecule has 31 heavy (non-hydrogen) atoms. The van der Waals surface area contributed by atoms with Crippen LogP contribution in [-0.2, 0) is 11.4 Å². The summed E-state index contributed by atoms with van der Waals surface area (Å²) >= 11 is 7.56. The van der Waals surface area contributed by atoms with E-state index in [2.05, 4.69) is 0 Å². The Balaban J connectivity index is 1.59. The second-order valence-electron chi connectivity index (χ2n) is 6.92. The van der Waals surface area contributed by atoms with Crippen molar-refractivity contribution >= 4 is 35.0 Å². The molecular formula is C24H21ClFNO3S. The summed E-state index contributed by atoms with van der Waals surface area (Å²) in [5.74, 6) is 1.21. The molecule has 1 saturated heterocycles. The summed E-state index contributed by atoms with van der Waals surface area (Å²) in [4.78, 5) is 14.4. The zero-order valence-electron chi connectivity index (χ0n) is 16.9. The molecule has 1 aliphatic rings. The van der Waals surface area contributed by atoms with Crippen LogP contribution in [0.3, 0.4) is 0 Å². The van der Waals surface area contributed by atoms with E-state index in [1.165, 1.54) is 6.07 Å². The number of rotatable bonds is 7. The quantitative estimate of drug-likeness (QED) is 0.421. The maximum Gasteiger partial charge on any atom is 0.238 e. The van der Waals surface area contributed by atoms with Crippen molar-refractivity contribution < 1.29 is 18.7 Å². The average Bonchev–Trinajstić information content (AvgIpc) is 3.16. The van der Waals surface area contributed by atoms with E-state index in [4.69, 9.17) is 21.1 Å². The summed E-state index contributed by atoms with van der Waals surface area (Å²) in [6, 6.07) is 19.4. The minimum absolute atomic E-state index is 0.0372. The highest BCUT2D eigenvalue weighted by Gasteiger charge is 2.34. The van der Waals surface area contributed by atoms with Gasteiger partial charge in [0.1, 0.15) is 17.8 Å². The molecule has 0 radical (unpaired) electrons. The highest BCUT2D eigenvalue weighted by atomic mass is 35.5. The molecule has 4 nitrogen and oxygen atoms in total. The van der Waals surface area contributed by atoms with Gasteiger partial charge in [-0.15, -0.1) is 11.8 Å². The number of ether oxygens (including phenoxy) is 2. The molecule has 0 saturated carbocycles. The summed E-state index contributed by atoms with van der Waals surface area (Å²) in [6.07, 6.45) is 0. The molecule has 3 aromatic rings. The minimum Gasteiger partial charge on any atom is -0.490 e. The summed E-state index contributed by atoms with van der Waals surface area (Å²) < 4.78 is 25.6. The number of thioether (sulfide) groups is 1. The SMILES string of the molecule is CCOc1cc([C@@H]2SCC(=O)N2c2ccc(Cl)cc2)ccc1OCc1ccccc1F. The molecule has 1 amide bonds. The molecule has 0 aliphatic carbocycles. The predicted octanol–water partition coefficient (Wildman–Crippen LogP) is 6.24. The number of anilines is 1. The number of carbonyl (C=O) groups is 1. The predicted molar refractivity (Wildman–Crippen MR) is 122 cm³/mol. The van der Waals surface area contributed by atoms with Gasteiger partial charge >= 0.3 is 0 Å². The molecule has 0 bridgehead atoms. The largest absolute Gasteiger partial charge is 0.490 e. The summed E-state index contributed by atoms with van der Waals surface area (Å²) in [7, 11) is 0. The first-order valence-electron chi connectivity index (χ1n) is 9.89. The molecular weight excluding hydrogens is 437 g/mol. The number of nitrogens with zero attached hydrogens (tertiary/aromatic N) is 1. The van der Waals surface area contributed by atoms with Crippen LogP contribution in [0.2, 0.25) is 5.02 Å². The topological polar surface area (TPSA) is 38.8 Å². The lowest BCUT2D eigenvalue weighted by Crippen LogP contribution is -2.27. The number of benzene rings is 3. The number of hydrogen-bond donors (Lipinski definition) is 0. The van der Waals surface area contributed by atoms with Gasteiger partial charge < -0.3 is 9.47 Å². The van der Waals surface area contributed by atoms with Crippen LogP contribution >= 0.6 is 23.4 Å². The van der Waals surface area contributed by atoms with Crippen molar-refractivity contribution in [1.29, 1.82) is 0 Å². The van der Waals surface area contributed by atoms with Gasteiger partial charge in [0.05, 0.1) is 12.4 Å². The van der Waals surface area contributed by atoms with Crippen molar-refractivity contribution in [2.75, 3.05) is 17.3 Å². The van der Waals surface area contributed by atoms with Crippen LogP contribution in [-0.4, -0.2) is 18.3 Å². The molecule has 7 heteroatoms. The van der Waals surface area contributed by atoms with Crippen LogP contribution < -0.4 is 14.4 Å². The maximum atomic E-state index is 13.9. The van der Waals surface area contributed by atoms with Crippen LogP contribution in [0.4, 0.5) is 10.1 Å². The first kappa shape index (κ1) is 21.5. The highest BCUT2D eigenvalue weighted by molar-refractivity contribution is 8.00. The van der Waals surface area contributed by atoms with Crippen LogP contribution in [0.1, 0.15) is 23.4 Å². The van der Waals surface area contributed by atoms with Gasteiger partial charge in [0.2, 0.25) is 5.91 Å². The Hall–Kier alpha value is -2.70. The lowest BCUT2D eigenvalue weighted by Gasteiger charge is -2.25. The Kier molecular flexibility index (Phi) is 6.68. The number of halogens is 2. The van der Waals surface area contributed by atoms with E-state index in [1.807, 2.05) is 37.3 Å². The van der Waals surface area contributed by atoms with E-state index in [0.29, 0.717) is 34.4 Å². The molecule has 0 N–H and O–H groups in total. The van der Waals surface area contributed by atoms with Crippen molar-refractivity contribution in [2.24, 2.45) is 0 Å². The van der Waals surface area contributed by atoms with Crippen LogP contribution in [0, 0.1) is 5.82 Å².